The summed E-state index contributed by atoms with van der Waals surface area (Å²) in [5.74, 6) is 0.397. The molecule has 166 valence electrons. The third-order valence-corrected chi connectivity index (χ3v) is 4.83. The number of amides is 4. The summed E-state index contributed by atoms with van der Waals surface area (Å²) in [6, 6.07) is 6.93. The average molecular weight is 440 g/mol. The highest BCUT2D eigenvalue weighted by Crippen LogP contribution is 2.40. The first-order valence-electron chi connectivity index (χ1n) is 9.66. The van der Waals surface area contributed by atoms with Crippen molar-refractivity contribution in [1.29, 1.82) is 0 Å². The molecular formula is C22H20N2O8. The largest absolute Gasteiger partial charge is 0.497 e. The third-order valence-electron chi connectivity index (χ3n) is 4.83. The van der Waals surface area contributed by atoms with E-state index in [1.807, 2.05) is 0 Å². The van der Waals surface area contributed by atoms with E-state index in [0.717, 1.165) is 4.90 Å². The number of rotatable bonds is 6. The van der Waals surface area contributed by atoms with Gasteiger partial charge in [-0.3, -0.25) is 14.9 Å². The Morgan fingerprint density at radius 1 is 1.03 bits per heavy atom. The number of carbonyl (C=O) groups is 3. The van der Waals surface area contributed by atoms with Crippen molar-refractivity contribution in [1.82, 2.24) is 5.32 Å². The molecule has 0 unspecified atom stereocenters. The lowest BCUT2D eigenvalue weighted by Gasteiger charge is -2.27. The van der Waals surface area contributed by atoms with E-state index in [9.17, 15) is 14.4 Å². The molecule has 1 fully saturated rings. The number of urea groups is 1. The number of carbonyl (C=O) groups excluding carboxylic acids is 3. The highest BCUT2D eigenvalue weighted by atomic mass is 16.7. The summed E-state index contributed by atoms with van der Waals surface area (Å²) < 4.78 is 26.8. The fourth-order valence-electron chi connectivity index (χ4n) is 3.33. The first-order valence-corrected chi connectivity index (χ1v) is 9.66. The molecule has 2 heterocycles. The quantitative estimate of drug-likeness (QED) is 0.539. The Bertz CT molecular complexity index is 1140. The predicted molar refractivity (Wildman–Crippen MR) is 112 cm³/mol. The highest BCUT2D eigenvalue weighted by Gasteiger charge is 2.38. The lowest BCUT2D eigenvalue weighted by atomic mass is 10.0. The maximum atomic E-state index is 13.3. The van der Waals surface area contributed by atoms with Crippen molar-refractivity contribution < 1.29 is 38.1 Å². The summed E-state index contributed by atoms with van der Waals surface area (Å²) in [6.45, 7) is 2.21. The maximum absolute atomic E-state index is 13.3. The lowest BCUT2D eigenvalue weighted by molar-refractivity contribution is -0.122. The van der Waals surface area contributed by atoms with Gasteiger partial charge in [0.05, 0.1) is 26.5 Å². The van der Waals surface area contributed by atoms with E-state index in [4.69, 9.17) is 23.7 Å². The molecule has 0 bridgehead atoms. The van der Waals surface area contributed by atoms with Crippen LogP contribution in [0.2, 0.25) is 0 Å². The molecule has 32 heavy (non-hydrogen) atoms. The lowest BCUT2D eigenvalue weighted by Crippen LogP contribution is -2.54. The van der Waals surface area contributed by atoms with Crippen LogP contribution in [0, 0.1) is 0 Å². The summed E-state index contributed by atoms with van der Waals surface area (Å²) >= 11 is 0. The number of barbiturate groups is 1. The molecule has 10 heteroatoms. The van der Waals surface area contributed by atoms with Gasteiger partial charge in [-0.1, -0.05) is 0 Å². The zero-order valence-corrected chi connectivity index (χ0v) is 17.6. The van der Waals surface area contributed by atoms with Crippen molar-refractivity contribution in [3.63, 3.8) is 0 Å². The molecular weight excluding hydrogens is 420 g/mol. The van der Waals surface area contributed by atoms with Gasteiger partial charge in [0.25, 0.3) is 11.8 Å². The molecule has 0 aliphatic carbocycles. The second kappa shape index (κ2) is 8.50. The topological polar surface area (TPSA) is 113 Å². The second-order valence-electron chi connectivity index (χ2n) is 6.67. The molecule has 0 saturated carbocycles. The van der Waals surface area contributed by atoms with E-state index in [-0.39, 0.29) is 23.8 Å². The number of imide groups is 2. The molecule has 2 aliphatic heterocycles. The van der Waals surface area contributed by atoms with Gasteiger partial charge in [0.2, 0.25) is 6.79 Å². The van der Waals surface area contributed by atoms with Gasteiger partial charge in [0, 0.05) is 17.7 Å². The standard InChI is InChI=1S/C22H20N2O8/c1-4-30-16-10-19-18(31-11-32-19)8-12(16)7-14-20(25)23-22(27)24(21(14)26)15-6-5-13(28-2)9-17(15)29-3/h5-10H,4,11H2,1-3H3,(H,23,25,27)/b14-7-. The van der Waals surface area contributed by atoms with Gasteiger partial charge in [-0.25, -0.2) is 9.69 Å². The van der Waals surface area contributed by atoms with E-state index < -0.39 is 17.8 Å². The maximum Gasteiger partial charge on any atom is 0.336 e. The van der Waals surface area contributed by atoms with Gasteiger partial charge in [-0.2, -0.15) is 0 Å². The minimum Gasteiger partial charge on any atom is -0.497 e. The normalized spacial score (nSPS) is 16.3. The molecule has 4 amide bonds. The number of nitrogens with zero attached hydrogens (tertiary/aromatic N) is 1. The van der Waals surface area contributed by atoms with Crippen LogP contribution in [0.15, 0.2) is 35.9 Å². The molecule has 0 atom stereocenters. The number of fused-ring (bicyclic) bond motifs is 1. The van der Waals surface area contributed by atoms with Crippen molar-refractivity contribution in [2.75, 3.05) is 32.5 Å². The van der Waals surface area contributed by atoms with Crippen LogP contribution in [0.25, 0.3) is 6.08 Å². The van der Waals surface area contributed by atoms with E-state index in [2.05, 4.69) is 5.32 Å². The molecule has 10 nitrogen and oxygen atoms in total. The third kappa shape index (κ3) is 3.66. The van der Waals surface area contributed by atoms with Crippen LogP contribution < -0.4 is 33.9 Å². The predicted octanol–water partition coefficient (Wildman–Crippen LogP) is 2.50. The Labute approximate surface area is 183 Å². The Hall–Kier alpha value is -4.21. The summed E-state index contributed by atoms with van der Waals surface area (Å²) in [6.07, 6.45) is 1.35. The smallest absolute Gasteiger partial charge is 0.336 e. The van der Waals surface area contributed by atoms with Crippen molar-refractivity contribution in [2.45, 2.75) is 6.92 Å². The second-order valence-corrected chi connectivity index (χ2v) is 6.67. The Kier molecular flexibility index (Phi) is 5.59. The minimum atomic E-state index is -0.892. The Morgan fingerprint density at radius 2 is 1.78 bits per heavy atom. The molecule has 0 radical (unpaired) electrons. The molecule has 2 aliphatic rings. The van der Waals surface area contributed by atoms with E-state index in [1.165, 1.54) is 32.4 Å². The number of hydrogen-bond acceptors (Lipinski definition) is 8. The Balaban J connectivity index is 1.78. The van der Waals surface area contributed by atoms with E-state index in [0.29, 0.717) is 35.2 Å². The zero-order chi connectivity index (χ0) is 22.8. The summed E-state index contributed by atoms with van der Waals surface area (Å²) in [7, 11) is 2.88. The molecule has 2 aromatic rings. The number of hydrogen-bond donors (Lipinski definition) is 1. The van der Waals surface area contributed by atoms with E-state index >= 15 is 0 Å². The summed E-state index contributed by atoms with van der Waals surface area (Å²) in [4.78, 5) is 39.2. The van der Waals surface area contributed by atoms with Crippen molar-refractivity contribution in [3.05, 3.63) is 41.5 Å². The number of anilines is 1. The summed E-state index contributed by atoms with van der Waals surface area (Å²) in [5, 5.41) is 2.19. The SMILES string of the molecule is CCOc1cc2c(cc1/C=C1/C(=O)NC(=O)N(c3ccc(OC)cc3OC)C1=O)OCO2. The fraction of sp³-hybridized carbons (Fsp3) is 0.227. The van der Waals surface area contributed by atoms with Crippen LogP contribution in [0.4, 0.5) is 10.5 Å². The number of methoxy groups -OCH3 is 2. The first kappa shape index (κ1) is 21.0. The van der Waals surface area contributed by atoms with Gasteiger partial charge in [0.15, 0.2) is 11.5 Å². The van der Waals surface area contributed by atoms with Crippen LogP contribution >= 0.6 is 0 Å². The number of nitrogens with one attached hydrogen (secondary N) is 1. The van der Waals surface area contributed by atoms with Crippen molar-refractivity contribution in [2.24, 2.45) is 0 Å². The first-order chi connectivity index (χ1) is 15.5. The Morgan fingerprint density at radius 3 is 2.47 bits per heavy atom. The number of ether oxygens (including phenoxy) is 5. The van der Waals surface area contributed by atoms with Gasteiger partial charge in [0.1, 0.15) is 22.8 Å². The zero-order valence-electron chi connectivity index (χ0n) is 17.6. The van der Waals surface area contributed by atoms with E-state index in [1.54, 1.807) is 25.1 Å². The number of benzene rings is 2. The molecule has 1 N–H and O–H groups in total. The minimum absolute atomic E-state index is 0.0554. The van der Waals surface area contributed by atoms with Crippen LogP contribution in [0.3, 0.4) is 0 Å². The fourth-order valence-corrected chi connectivity index (χ4v) is 3.33. The monoisotopic (exact) mass is 440 g/mol. The van der Waals surface area contributed by atoms with Gasteiger partial charge in [-0.15, -0.1) is 0 Å². The highest BCUT2D eigenvalue weighted by molar-refractivity contribution is 6.39. The van der Waals surface area contributed by atoms with Gasteiger partial charge >= 0.3 is 6.03 Å². The molecule has 0 spiro atoms. The molecule has 0 aromatic heterocycles. The van der Waals surface area contributed by atoms with Crippen LogP contribution in [0.5, 0.6) is 28.7 Å². The molecule has 4 rings (SSSR count). The van der Waals surface area contributed by atoms with Crippen molar-refractivity contribution >= 4 is 29.6 Å². The molecule has 2 aromatic carbocycles. The van der Waals surface area contributed by atoms with Crippen molar-refractivity contribution in [3.8, 4) is 28.7 Å². The average Bonchev–Trinajstić information content (AvgIpc) is 3.24. The molecule has 1 saturated heterocycles. The summed E-state index contributed by atoms with van der Waals surface area (Å²) in [5.41, 5.74) is 0.317. The van der Waals surface area contributed by atoms with Gasteiger partial charge in [-0.05, 0) is 31.2 Å². The van der Waals surface area contributed by atoms with Crippen LogP contribution in [-0.4, -0.2) is 45.5 Å². The van der Waals surface area contributed by atoms with Crippen LogP contribution in [0.1, 0.15) is 12.5 Å². The van der Waals surface area contributed by atoms with Gasteiger partial charge < -0.3 is 23.7 Å². The van der Waals surface area contributed by atoms with Crippen LogP contribution in [-0.2, 0) is 9.59 Å².